The molecule has 8 heteroatoms. The van der Waals surface area contributed by atoms with Gasteiger partial charge in [0.2, 0.25) is 0 Å². The molecule has 148 valence electrons. The number of thiazole rings is 1. The molecule has 2 aromatic heterocycles. The zero-order chi connectivity index (χ0) is 20.5. The molecular weight excluding hydrogens is 428 g/mol. The van der Waals surface area contributed by atoms with Crippen molar-refractivity contribution < 1.29 is 9.53 Å². The van der Waals surface area contributed by atoms with E-state index in [1.54, 1.807) is 35.8 Å². The molecule has 0 fully saturated rings. The largest absolute Gasteiger partial charge is 0.463 e. The van der Waals surface area contributed by atoms with Crippen LogP contribution in [0.2, 0.25) is 5.02 Å². The second-order valence-corrected chi connectivity index (χ2v) is 8.73. The van der Waals surface area contributed by atoms with Gasteiger partial charge in [-0.3, -0.25) is 9.36 Å². The molecule has 29 heavy (non-hydrogen) atoms. The summed E-state index contributed by atoms with van der Waals surface area (Å²) in [4.78, 5) is 32.2. The minimum Gasteiger partial charge on any atom is -0.463 e. The number of halogens is 1. The van der Waals surface area contributed by atoms with Crippen molar-refractivity contribution in [3.05, 3.63) is 88.2 Å². The highest BCUT2D eigenvalue weighted by atomic mass is 35.5. The number of rotatable bonds is 4. The monoisotopic (exact) mass is 444 g/mol. The third-order valence-electron chi connectivity index (χ3n) is 4.53. The van der Waals surface area contributed by atoms with Crippen LogP contribution in [0, 0.1) is 0 Å². The number of hydrogen-bond donors (Lipinski definition) is 0. The highest BCUT2D eigenvalue weighted by molar-refractivity contribution is 7.11. The molecule has 4 rings (SSSR count). The summed E-state index contributed by atoms with van der Waals surface area (Å²) in [5, 5.41) is 2.43. The van der Waals surface area contributed by atoms with Crippen LogP contribution < -0.4 is 14.9 Å². The topological polar surface area (TPSA) is 60.7 Å². The molecule has 0 bridgehead atoms. The fraction of sp³-hybridized carbons (Fsp3) is 0.190. The second-order valence-electron chi connectivity index (χ2n) is 6.34. The van der Waals surface area contributed by atoms with Crippen LogP contribution in [0.4, 0.5) is 0 Å². The van der Waals surface area contributed by atoms with E-state index in [0.29, 0.717) is 31.2 Å². The smallest absolute Gasteiger partial charge is 0.338 e. The quantitative estimate of drug-likeness (QED) is 0.578. The molecule has 0 radical (unpaired) electrons. The van der Waals surface area contributed by atoms with Gasteiger partial charge >= 0.3 is 5.97 Å². The number of esters is 1. The Bertz CT molecular complexity index is 1290. The first-order valence-corrected chi connectivity index (χ1v) is 11.1. The first-order valence-electron chi connectivity index (χ1n) is 8.99. The lowest BCUT2D eigenvalue weighted by atomic mass is 9.96. The maximum Gasteiger partial charge on any atom is 0.338 e. The molecule has 0 spiro atoms. The predicted molar refractivity (Wildman–Crippen MR) is 116 cm³/mol. The summed E-state index contributed by atoms with van der Waals surface area (Å²) in [6.07, 6.45) is 1.85. The number of allylic oxidation sites excluding steroid dienone is 1. The number of aromatic nitrogens is 1. The molecule has 0 saturated heterocycles. The van der Waals surface area contributed by atoms with Crippen molar-refractivity contribution in [1.82, 2.24) is 4.57 Å². The average molecular weight is 445 g/mol. The van der Waals surface area contributed by atoms with Gasteiger partial charge in [-0.1, -0.05) is 47.2 Å². The summed E-state index contributed by atoms with van der Waals surface area (Å²) in [7, 11) is 0. The number of carbonyl (C=O) groups is 1. The van der Waals surface area contributed by atoms with E-state index in [4.69, 9.17) is 16.3 Å². The lowest BCUT2D eigenvalue weighted by Crippen LogP contribution is -2.40. The first-order chi connectivity index (χ1) is 14.0. The molecule has 1 aliphatic heterocycles. The normalized spacial score (nSPS) is 16.5. The number of ether oxygens (including phenoxy) is 1. The lowest BCUT2D eigenvalue weighted by Gasteiger charge is -2.25. The number of fused-ring (bicyclic) bond motifs is 1. The van der Waals surface area contributed by atoms with Crippen LogP contribution >= 0.6 is 34.3 Å². The van der Waals surface area contributed by atoms with Crippen molar-refractivity contribution in [1.29, 1.82) is 0 Å². The Kier molecular flexibility index (Phi) is 5.54. The van der Waals surface area contributed by atoms with Gasteiger partial charge in [-0.25, -0.2) is 9.79 Å². The van der Waals surface area contributed by atoms with Gasteiger partial charge in [0, 0.05) is 9.90 Å². The van der Waals surface area contributed by atoms with Gasteiger partial charge in [0.1, 0.15) is 6.04 Å². The van der Waals surface area contributed by atoms with Crippen molar-refractivity contribution in [3.63, 3.8) is 0 Å². The van der Waals surface area contributed by atoms with Crippen LogP contribution in [0.25, 0.3) is 6.08 Å². The molecule has 1 aliphatic rings. The van der Waals surface area contributed by atoms with Crippen LogP contribution in [0.15, 0.2) is 62.8 Å². The molecule has 0 N–H and O–H groups in total. The molecule has 0 unspecified atom stereocenters. The van der Waals surface area contributed by atoms with Crippen LogP contribution in [0.5, 0.6) is 0 Å². The van der Waals surface area contributed by atoms with Gasteiger partial charge in [0.15, 0.2) is 4.80 Å². The van der Waals surface area contributed by atoms with E-state index in [0.717, 1.165) is 4.88 Å². The van der Waals surface area contributed by atoms with Gasteiger partial charge in [-0.05, 0) is 43.0 Å². The molecule has 5 nitrogen and oxygen atoms in total. The molecule has 3 heterocycles. The Hall–Kier alpha value is -2.48. The standard InChI is InChI=1S/C21H17ClN2O3S2/c1-3-27-20(26)17-12(2)23-21-24(18(17)14-8-4-5-9-15(14)22)19(25)16(29-21)11-13-7-6-10-28-13/h4-11,18H,3H2,1-2H3/b16-11+/t18-/m1/s1. The SMILES string of the molecule is CCOC(=O)C1=C(C)N=c2s/c(=C/c3cccs3)c(=O)n2[C@@H]1c1ccccc1Cl. The summed E-state index contributed by atoms with van der Waals surface area (Å²) in [5.74, 6) is -0.494. The minimum atomic E-state index is -0.690. The summed E-state index contributed by atoms with van der Waals surface area (Å²) in [6.45, 7) is 3.73. The van der Waals surface area contributed by atoms with E-state index in [2.05, 4.69) is 4.99 Å². The van der Waals surface area contributed by atoms with E-state index in [1.165, 1.54) is 11.3 Å². The van der Waals surface area contributed by atoms with Crippen LogP contribution in [-0.4, -0.2) is 17.1 Å². The summed E-state index contributed by atoms with van der Waals surface area (Å²) < 4.78 is 7.38. The van der Waals surface area contributed by atoms with Crippen LogP contribution in [-0.2, 0) is 9.53 Å². The maximum atomic E-state index is 13.3. The first kappa shape index (κ1) is 19.8. The molecule has 1 aromatic carbocycles. The van der Waals surface area contributed by atoms with Crippen molar-refractivity contribution in [3.8, 4) is 0 Å². The summed E-state index contributed by atoms with van der Waals surface area (Å²) >= 11 is 9.32. The summed E-state index contributed by atoms with van der Waals surface area (Å²) in [6, 6.07) is 10.4. The summed E-state index contributed by atoms with van der Waals surface area (Å²) in [5.41, 5.74) is 1.31. The van der Waals surface area contributed by atoms with E-state index in [1.807, 2.05) is 41.8 Å². The second kappa shape index (κ2) is 8.10. The van der Waals surface area contributed by atoms with Crippen molar-refractivity contribution >= 4 is 46.3 Å². The molecule has 3 aromatic rings. The highest BCUT2D eigenvalue weighted by Gasteiger charge is 2.34. The van der Waals surface area contributed by atoms with Crippen molar-refractivity contribution in [2.75, 3.05) is 6.61 Å². The third-order valence-corrected chi connectivity index (χ3v) is 6.68. The van der Waals surface area contributed by atoms with Gasteiger partial charge in [0.25, 0.3) is 5.56 Å². The molecule has 0 amide bonds. The van der Waals surface area contributed by atoms with E-state index in [9.17, 15) is 9.59 Å². The number of thiophene rings is 1. The fourth-order valence-electron chi connectivity index (χ4n) is 3.29. The van der Waals surface area contributed by atoms with Gasteiger partial charge in [-0.2, -0.15) is 0 Å². The Morgan fingerprint density at radius 1 is 1.31 bits per heavy atom. The van der Waals surface area contributed by atoms with E-state index < -0.39 is 12.0 Å². The fourth-order valence-corrected chi connectivity index (χ4v) is 5.29. The van der Waals surface area contributed by atoms with E-state index in [-0.39, 0.29) is 12.2 Å². The number of benzene rings is 1. The number of hydrogen-bond acceptors (Lipinski definition) is 6. The Morgan fingerprint density at radius 3 is 2.79 bits per heavy atom. The highest BCUT2D eigenvalue weighted by Crippen LogP contribution is 2.34. The van der Waals surface area contributed by atoms with Crippen molar-refractivity contribution in [2.24, 2.45) is 4.99 Å². The molecule has 0 saturated carbocycles. The third kappa shape index (κ3) is 3.61. The number of nitrogens with zero attached hydrogens (tertiary/aromatic N) is 2. The van der Waals surface area contributed by atoms with Crippen molar-refractivity contribution in [2.45, 2.75) is 19.9 Å². The molecular formula is C21H17ClN2O3S2. The predicted octanol–water partition coefficient (Wildman–Crippen LogP) is 3.51. The van der Waals surface area contributed by atoms with Crippen LogP contribution in [0.1, 0.15) is 30.3 Å². The Morgan fingerprint density at radius 2 is 2.10 bits per heavy atom. The minimum absolute atomic E-state index is 0.207. The zero-order valence-corrected chi connectivity index (χ0v) is 18.1. The molecule has 0 aliphatic carbocycles. The average Bonchev–Trinajstić information content (AvgIpc) is 3.30. The Balaban J connectivity index is 2.00. The van der Waals surface area contributed by atoms with Crippen LogP contribution in [0.3, 0.4) is 0 Å². The molecule has 1 atom stereocenters. The van der Waals surface area contributed by atoms with Gasteiger partial charge in [0.05, 0.1) is 22.4 Å². The maximum absolute atomic E-state index is 13.3. The Labute approximate surface area is 179 Å². The van der Waals surface area contributed by atoms with E-state index >= 15 is 0 Å². The van der Waals surface area contributed by atoms with Gasteiger partial charge in [-0.15, -0.1) is 11.3 Å². The van der Waals surface area contributed by atoms with Gasteiger partial charge < -0.3 is 4.74 Å². The lowest BCUT2D eigenvalue weighted by molar-refractivity contribution is -0.139. The zero-order valence-electron chi connectivity index (χ0n) is 15.7. The number of carbonyl (C=O) groups excluding carboxylic acids is 1.